The highest BCUT2D eigenvalue weighted by Crippen LogP contribution is 2.74. The molecule has 22 heavy (non-hydrogen) atoms. The lowest BCUT2D eigenvalue weighted by Crippen LogP contribution is -2.69. The molecule has 0 aromatic heterocycles. The summed E-state index contributed by atoms with van der Waals surface area (Å²) in [6.07, 6.45) is 5.05. The van der Waals surface area contributed by atoms with Crippen LogP contribution >= 0.6 is 33.2 Å². The molecular formula is C18H27ClOS2. The minimum absolute atomic E-state index is 0.268. The molecule has 0 N–H and O–H groups in total. The van der Waals surface area contributed by atoms with Gasteiger partial charge in [0, 0.05) is 5.41 Å². The predicted octanol–water partition coefficient (Wildman–Crippen LogP) is 6.28. The molecule has 0 amide bonds. The van der Waals surface area contributed by atoms with Crippen LogP contribution in [0.25, 0.3) is 0 Å². The Bertz CT molecular complexity index is 558. The molecule has 0 saturated heterocycles. The molecule has 3 aliphatic carbocycles. The van der Waals surface area contributed by atoms with Crippen molar-refractivity contribution in [1.29, 1.82) is 0 Å². The maximum Gasteiger partial charge on any atom is 0.149 e. The SMILES string of the molecule is CC1(C)C(=O)C(C)(C)C1(Cl)SSC1=CC2CCC1(C)C2(C)C. The smallest absolute Gasteiger partial charge is 0.149 e. The second kappa shape index (κ2) is 4.52. The molecule has 2 saturated carbocycles. The van der Waals surface area contributed by atoms with Gasteiger partial charge in [0.25, 0.3) is 0 Å². The fraction of sp³-hybridized carbons (Fsp3) is 0.833. The van der Waals surface area contributed by atoms with Gasteiger partial charge in [0.05, 0.1) is 10.8 Å². The summed E-state index contributed by atoms with van der Waals surface area (Å²) in [4.78, 5) is 13.9. The van der Waals surface area contributed by atoms with Gasteiger partial charge in [-0.3, -0.25) is 4.79 Å². The number of carbonyl (C=O) groups excluding carboxylic acids is 1. The normalized spacial score (nSPS) is 39.5. The maximum atomic E-state index is 12.4. The molecule has 124 valence electrons. The molecule has 0 radical (unpaired) electrons. The molecule has 2 unspecified atom stereocenters. The number of halogens is 1. The predicted molar refractivity (Wildman–Crippen MR) is 99.0 cm³/mol. The van der Waals surface area contributed by atoms with Gasteiger partial charge in [-0.2, -0.15) is 0 Å². The van der Waals surface area contributed by atoms with Crippen LogP contribution in [-0.2, 0) is 4.79 Å². The highest BCUT2D eigenvalue weighted by molar-refractivity contribution is 8.79. The van der Waals surface area contributed by atoms with Crippen molar-refractivity contribution in [3.63, 3.8) is 0 Å². The zero-order valence-electron chi connectivity index (χ0n) is 14.7. The molecule has 3 aliphatic rings. The lowest BCUT2D eigenvalue weighted by Gasteiger charge is -2.60. The van der Waals surface area contributed by atoms with Gasteiger partial charge < -0.3 is 0 Å². The van der Waals surface area contributed by atoms with Crippen LogP contribution in [0.4, 0.5) is 0 Å². The summed E-state index contributed by atoms with van der Waals surface area (Å²) in [5, 5.41) is 0. The molecule has 0 spiro atoms. The fourth-order valence-corrected chi connectivity index (χ4v) is 9.47. The lowest BCUT2D eigenvalue weighted by atomic mass is 9.54. The number of Topliss-reactive ketones (excluding diaryl/α,β-unsaturated/α-hetero) is 1. The molecule has 0 heterocycles. The summed E-state index contributed by atoms with van der Waals surface area (Å²) < 4.78 is -0.537. The monoisotopic (exact) mass is 358 g/mol. The first-order chi connectivity index (χ1) is 9.82. The van der Waals surface area contributed by atoms with E-state index in [1.807, 2.05) is 38.5 Å². The largest absolute Gasteiger partial charge is 0.298 e. The van der Waals surface area contributed by atoms with Gasteiger partial charge in [-0.05, 0) is 29.1 Å². The molecule has 4 heteroatoms. The van der Waals surface area contributed by atoms with E-state index < -0.39 is 15.0 Å². The summed E-state index contributed by atoms with van der Waals surface area (Å²) in [6, 6.07) is 0. The van der Waals surface area contributed by atoms with Crippen LogP contribution in [0.1, 0.15) is 61.3 Å². The zero-order valence-corrected chi connectivity index (χ0v) is 17.1. The van der Waals surface area contributed by atoms with Crippen LogP contribution in [0.15, 0.2) is 11.0 Å². The standard InChI is InChI=1S/C18H27ClOS2/c1-14(2)11-8-9-17(14,7)12(10-11)21-22-18(19)15(3,4)13(20)16(18,5)6/h10-11H,8-9H2,1-7H3. The van der Waals surface area contributed by atoms with Gasteiger partial charge in [-0.1, -0.05) is 76.1 Å². The number of allylic oxidation sites excluding steroid dienone is 2. The lowest BCUT2D eigenvalue weighted by molar-refractivity contribution is -0.153. The number of carbonyl (C=O) groups is 1. The second-order valence-corrected chi connectivity index (χ2v) is 12.2. The van der Waals surface area contributed by atoms with E-state index in [0.29, 0.717) is 11.3 Å². The van der Waals surface area contributed by atoms with E-state index in [1.54, 1.807) is 10.8 Å². The number of ketones is 1. The zero-order chi connectivity index (χ0) is 16.8. The van der Waals surface area contributed by atoms with E-state index in [9.17, 15) is 4.79 Å². The van der Waals surface area contributed by atoms with Gasteiger partial charge in [0.1, 0.15) is 9.99 Å². The van der Waals surface area contributed by atoms with E-state index in [2.05, 4.69) is 26.8 Å². The molecule has 0 aliphatic heterocycles. The van der Waals surface area contributed by atoms with Crippen molar-refractivity contribution in [1.82, 2.24) is 0 Å². The van der Waals surface area contributed by atoms with Crippen molar-refractivity contribution in [3.05, 3.63) is 11.0 Å². The Morgan fingerprint density at radius 1 is 1.09 bits per heavy atom. The van der Waals surface area contributed by atoms with Gasteiger partial charge in [0.15, 0.2) is 0 Å². The fourth-order valence-electron chi connectivity index (χ4n) is 4.86. The minimum atomic E-state index is -0.537. The van der Waals surface area contributed by atoms with Crippen molar-refractivity contribution in [3.8, 4) is 0 Å². The summed E-state index contributed by atoms with van der Waals surface area (Å²) in [5.41, 5.74) is -0.324. The number of hydrogen-bond acceptors (Lipinski definition) is 3. The number of alkyl halides is 1. The Kier molecular flexibility index (Phi) is 3.54. The summed E-state index contributed by atoms with van der Waals surface area (Å²) in [6.45, 7) is 15.2. The highest BCUT2D eigenvalue weighted by Gasteiger charge is 2.73. The topological polar surface area (TPSA) is 17.1 Å². The van der Waals surface area contributed by atoms with Crippen molar-refractivity contribution >= 4 is 39.0 Å². The molecule has 2 bridgehead atoms. The van der Waals surface area contributed by atoms with Crippen LogP contribution in [-0.4, -0.2) is 9.99 Å². The molecule has 3 rings (SSSR count). The third kappa shape index (κ3) is 1.69. The van der Waals surface area contributed by atoms with E-state index in [0.717, 1.165) is 0 Å². The molecule has 1 nitrogen and oxygen atoms in total. The third-order valence-corrected chi connectivity index (χ3v) is 12.3. The third-order valence-electron chi connectivity index (χ3n) is 7.19. The summed E-state index contributed by atoms with van der Waals surface area (Å²) in [5.74, 6) is 0.965. The van der Waals surface area contributed by atoms with Crippen molar-refractivity contribution in [2.24, 2.45) is 27.6 Å². The van der Waals surface area contributed by atoms with Crippen LogP contribution in [0.2, 0.25) is 0 Å². The van der Waals surface area contributed by atoms with E-state index in [1.165, 1.54) is 17.7 Å². The number of rotatable bonds is 3. The number of fused-ring (bicyclic) bond motifs is 2. The Morgan fingerprint density at radius 3 is 2.05 bits per heavy atom. The van der Waals surface area contributed by atoms with Gasteiger partial charge in [0.2, 0.25) is 0 Å². The highest BCUT2D eigenvalue weighted by atomic mass is 35.5. The van der Waals surface area contributed by atoms with Crippen LogP contribution in [0, 0.1) is 27.6 Å². The first-order valence-electron chi connectivity index (χ1n) is 8.14. The summed E-state index contributed by atoms with van der Waals surface area (Å²) >= 11 is 6.98. The van der Waals surface area contributed by atoms with Crippen molar-refractivity contribution in [2.45, 2.75) is 65.5 Å². The number of hydrogen-bond donors (Lipinski definition) is 0. The molecule has 0 aromatic carbocycles. The maximum absolute atomic E-state index is 12.4. The first kappa shape index (κ1) is 17.2. The second-order valence-electron chi connectivity index (χ2n) is 9.07. The molecule has 0 aromatic rings. The first-order valence-corrected chi connectivity index (χ1v) is 10.7. The average Bonchev–Trinajstić information content (AvgIpc) is 2.75. The Hall–Kier alpha value is 0.400. The molecule has 2 fully saturated rings. The van der Waals surface area contributed by atoms with E-state index >= 15 is 0 Å². The van der Waals surface area contributed by atoms with Crippen molar-refractivity contribution < 1.29 is 4.79 Å². The van der Waals surface area contributed by atoms with Crippen LogP contribution < -0.4 is 0 Å². The van der Waals surface area contributed by atoms with Gasteiger partial charge in [-0.15, -0.1) is 11.6 Å². The van der Waals surface area contributed by atoms with E-state index in [-0.39, 0.29) is 11.2 Å². The van der Waals surface area contributed by atoms with Gasteiger partial charge >= 0.3 is 0 Å². The minimum Gasteiger partial charge on any atom is -0.298 e. The van der Waals surface area contributed by atoms with Crippen molar-refractivity contribution in [2.75, 3.05) is 0 Å². The van der Waals surface area contributed by atoms with E-state index in [4.69, 9.17) is 11.6 Å². The molecule has 2 atom stereocenters. The average molecular weight is 359 g/mol. The Labute approximate surface area is 147 Å². The Balaban J connectivity index is 1.80. The quantitative estimate of drug-likeness (QED) is 0.436. The summed E-state index contributed by atoms with van der Waals surface area (Å²) in [7, 11) is 3.54. The van der Waals surface area contributed by atoms with Gasteiger partial charge in [-0.25, -0.2) is 0 Å². The molecular weight excluding hydrogens is 332 g/mol. The Morgan fingerprint density at radius 2 is 1.64 bits per heavy atom. The van der Waals surface area contributed by atoms with Crippen LogP contribution in [0.5, 0.6) is 0 Å². The van der Waals surface area contributed by atoms with Crippen LogP contribution in [0.3, 0.4) is 0 Å².